The van der Waals surface area contributed by atoms with E-state index in [2.05, 4.69) is 21.5 Å². The van der Waals surface area contributed by atoms with Crippen molar-refractivity contribution in [1.29, 1.82) is 0 Å². The lowest BCUT2D eigenvalue weighted by Crippen LogP contribution is -2.13. The Bertz CT molecular complexity index is 747. The molecule has 0 aliphatic heterocycles. The first-order valence-electron chi connectivity index (χ1n) is 5.85. The van der Waals surface area contributed by atoms with Gasteiger partial charge in [0, 0.05) is 11.8 Å². The Morgan fingerprint density at radius 3 is 2.75 bits per heavy atom. The summed E-state index contributed by atoms with van der Waals surface area (Å²) in [7, 11) is -3.67. The molecule has 20 heavy (non-hydrogen) atoms. The molecule has 0 fully saturated rings. The summed E-state index contributed by atoms with van der Waals surface area (Å²) < 4.78 is 26.8. The number of pyridine rings is 1. The van der Waals surface area contributed by atoms with Gasteiger partial charge in [0.1, 0.15) is 5.82 Å². The van der Waals surface area contributed by atoms with Gasteiger partial charge in [0.25, 0.3) is 10.0 Å². The zero-order valence-corrected chi connectivity index (χ0v) is 11.4. The van der Waals surface area contributed by atoms with Gasteiger partial charge in [-0.15, -0.1) is 0 Å². The summed E-state index contributed by atoms with van der Waals surface area (Å²) in [5, 5.41) is 0. The van der Waals surface area contributed by atoms with Crippen molar-refractivity contribution in [2.45, 2.75) is 4.90 Å². The fourth-order valence-corrected chi connectivity index (χ4v) is 2.57. The molecule has 102 valence electrons. The molecule has 0 saturated heterocycles. The quantitative estimate of drug-likeness (QED) is 0.830. The van der Waals surface area contributed by atoms with E-state index in [0.29, 0.717) is 5.56 Å². The third-order valence-electron chi connectivity index (χ3n) is 2.38. The van der Waals surface area contributed by atoms with Crippen LogP contribution in [0.25, 0.3) is 0 Å². The predicted molar refractivity (Wildman–Crippen MR) is 77.4 cm³/mol. The molecule has 5 nitrogen and oxygen atoms in total. The van der Waals surface area contributed by atoms with Crippen molar-refractivity contribution in [3.05, 3.63) is 54.2 Å². The summed E-state index contributed by atoms with van der Waals surface area (Å²) in [6, 6.07) is 11.3. The molecule has 6 heteroatoms. The van der Waals surface area contributed by atoms with Crippen LogP contribution >= 0.6 is 0 Å². The Morgan fingerprint density at radius 2 is 2.05 bits per heavy atom. The summed E-state index contributed by atoms with van der Waals surface area (Å²) in [5.41, 5.74) is 5.89. The number of nitrogens with one attached hydrogen (secondary N) is 1. The summed E-state index contributed by atoms with van der Waals surface area (Å²) in [4.78, 5) is 4.06. The third-order valence-corrected chi connectivity index (χ3v) is 3.74. The van der Waals surface area contributed by atoms with Crippen LogP contribution in [-0.2, 0) is 10.0 Å². The van der Waals surface area contributed by atoms with Gasteiger partial charge in [-0.3, -0.25) is 4.72 Å². The summed E-state index contributed by atoms with van der Waals surface area (Å²) in [5.74, 6) is 5.75. The number of hydrogen-bond acceptors (Lipinski definition) is 4. The van der Waals surface area contributed by atoms with E-state index in [1.807, 2.05) is 0 Å². The Morgan fingerprint density at radius 1 is 1.20 bits per heavy atom. The molecule has 0 bridgehead atoms. The van der Waals surface area contributed by atoms with Crippen molar-refractivity contribution in [3.8, 4) is 11.8 Å². The maximum Gasteiger partial charge on any atom is 0.263 e. The number of aromatic nitrogens is 1. The predicted octanol–water partition coefficient (Wildman–Crippen LogP) is 1.19. The van der Waals surface area contributed by atoms with Crippen molar-refractivity contribution in [1.82, 2.24) is 4.98 Å². The van der Waals surface area contributed by atoms with Gasteiger partial charge < -0.3 is 5.73 Å². The van der Waals surface area contributed by atoms with Crippen LogP contribution in [-0.4, -0.2) is 19.9 Å². The molecular weight excluding hydrogens is 274 g/mol. The Hall–Kier alpha value is -2.36. The van der Waals surface area contributed by atoms with Gasteiger partial charge in [-0.25, -0.2) is 13.4 Å². The standard InChI is InChI=1S/C14H13N3O2S/c15-9-4-6-12-5-3-7-13(11-12)20(18,19)17-14-8-1-2-10-16-14/h1-3,5,7-8,10-11H,9,15H2,(H,16,17). The lowest BCUT2D eigenvalue weighted by Gasteiger charge is -2.07. The first-order valence-corrected chi connectivity index (χ1v) is 7.33. The van der Waals surface area contributed by atoms with Crippen LogP contribution in [0.2, 0.25) is 0 Å². The third kappa shape index (κ3) is 3.57. The van der Waals surface area contributed by atoms with Gasteiger partial charge >= 0.3 is 0 Å². The smallest absolute Gasteiger partial charge is 0.263 e. The van der Waals surface area contributed by atoms with Crippen LogP contribution < -0.4 is 10.5 Å². The normalized spacial score (nSPS) is 10.4. The molecule has 0 amide bonds. The van der Waals surface area contributed by atoms with E-state index >= 15 is 0 Å². The van der Waals surface area contributed by atoms with Crippen molar-refractivity contribution in [2.75, 3.05) is 11.3 Å². The number of hydrogen-bond donors (Lipinski definition) is 2. The van der Waals surface area contributed by atoms with Crippen LogP contribution in [0.15, 0.2) is 53.6 Å². The first-order chi connectivity index (χ1) is 9.62. The van der Waals surface area contributed by atoms with Crippen LogP contribution in [0.5, 0.6) is 0 Å². The molecule has 1 aromatic heterocycles. The number of nitrogens with zero attached hydrogens (tertiary/aromatic N) is 1. The van der Waals surface area contributed by atoms with Crippen LogP contribution in [0, 0.1) is 11.8 Å². The minimum absolute atomic E-state index is 0.131. The summed E-state index contributed by atoms with van der Waals surface area (Å²) in [6.45, 7) is 0.225. The highest BCUT2D eigenvalue weighted by molar-refractivity contribution is 7.92. The van der Waals surface area contributed by atoms with E-state index in [1.54, 1.807) is 30.3 Å². The SMILES string of the molecule is NCC#Cc1cccc(S(=O)(=O)Nc2ccccn2)c1. The zero-order valence-electron chi connectivity index (χ0n) is 10.6. The summed E-state index contributed by atoms with van der Waals surface area (Å²) in [6.07, 6.45) is 1.51. The van der Waals surface area contributed by atoms with Gasteiger partial charge in [0.2, 0.25) is 0 Å². The van der Waals surface area contributed by atoms with Crippen LogP contribution in [0.1, 0.15) is 5.56 Å². The van der Waals surface area contributed by atoms with Crippen molar-refractivity contribution >= 4 is 15.8 Å². The molecule has 1 heterocycles. The molecule has 0 radical (unpaired) electrons. The second-order valence-electron chi connectivity index (χ2n) is 3.85. The number of rotatable bonds is 3. The van der Waals surface area contributed by atoms with Crippen molar-refractivity contribution in [3.63, 3.8) is 0 Å². The minimum Gasteiger partial charge on any atom is -0.320 e. The van der Waals surface area contributed by atoms with E-state index < -0.39 is 10.0 Å². The van der Waals surface area contributed by atoms with E-state index in [-0.39, 0.29) is 17.3 Å². The van der Waals surface area contributed by atoms with Gasteiger partial charge in [-0.1, -0.05) is 24.0 Å². The molecule has 0 unspecified atom stereocenters. The van der Waals surface area contributed by atoms with Gasteiger partial charge in [0.05, 0.1) is 11.4 Å². The molecular formula is C14H13N3O2S. The van der Waals surface area contributed by atoms with E-state index in [0.717, 1.165) is 0 Å². The summed E-state index contributed by atoms with van der Waals surface area (Å²) >= 11 is 0. The Balaban J connectivity index is 2.30. The van der Waals surface area contributed by atoms with E-state index in [1.165, 1.54) is 18.3 Å². The largest absolute Gasteiger partial charge is 0.320 e. The number of sulfonamides is 1. The van der Waals surface area contributed by atoms with Crippen molar-refractivity contribution in [2.24, 2.45) is 5.73 Å². The lowest BCUT2D eigenvalue weighted by atomic mass is 10.2. The zero-order chi connectivity index (χ0) is 14.4. The van der Waals surface area contributed by atoms with Crippen LogP contribution in [0.3, 0.4) is 0 Å². The first kappa shape index (κ1) is 14.1. The Kier molecular flexibility index (Phi) is 4.35. The van der Waals surface area contributed by atoms with Gasteiger partial charge in [-0.05, 0) is 30.3 Å². The fraction of sp³-hybridized carbons (Fsp3) is 0.0714. The molecule has 1 aromatic carbocycles. The highest BCUT2D eigenvalue weighted by Gasteiger charge is 2.14. The topological polar surface area (TPSA) is 85.1 Å². The minimum atomic E-state index is -3.67. The molecule has 0 aliphatic rings. The van der Waals surface area contributed by atoms with E-state index in [4.69, 9.17) is 5.73 Å². The average molecular weight is 287 g/mol. The second kappa shape index (κ2) is 6.19. The second-order valence-corrected chi connectivity index (χ2v) is 5.54. The van der Waals surface area contributed by atoms with Crippen molar-refractivity contribution < 1.29 is 8.42 Å². The van der Waals surface area contributed by atoms with E-state index in [9.17, 15) is 8.42 Å². The number of anilines is 1. The molecule has 0 spiro atoms. The fourth-order valence-electron chi connectivity index (χ4n) is 1.51. The monoisotopic (exact) mass is 287 g/mol. The highest BCUT2D eigenvalue weighted by atomic mass is 32.2. The highest BCUT2D eigenvalue weighted by Crippen LogP contribution is 2.15. The van der Waals surface area contributed by atoms with Crippen LogP contribution in [0.4, 0.5) is 5.82 Å². The molecule has 0 saturated carbocycles. The van der Waals surface area contributed by atoms with Gasteiger partial charge in [-0.2, -0.15) is 0 Å². The molecule has 3 N–H and O–H groups in total. The molecule has 2 aromatic rings. The molecule has 0 aliphatic carbocycles. The Labute approximate surface area is 117 Å². The number of benzene rings is 1. The molecule has 2 rings (SSSR count). The maximum absolute atomic E-state index is 12.2. The number of nitrogens with two attached hydrogens (primary N) is 1. The average Bonchev–Trinajstić information content (AvgIpc) is 2.46. The lowest BCUT2D eigenvalue weighted by molar-refractivity contribution is 0.601. The maximum atomic E-state index is 12.2. The molecule has 0 atom stereocenters. The van der Waals surface area contributed by atoms with Gasteiger partial charge in [0.15, 0.2) is 0 Å².